The molecule has 3 nitrogen and oxygen atoms in total. The summed E-state index contributed by atoms with van der Waals surface area (Å²) >= 11 is 1.54. The lowest BCUT2D eigenvalue weighted by Crippen LogP contribution is -2.17. The number of carbonyl (C=O) groups is 1. The van der Waals surface area contributed by atoms with Crippen LogP contribution >= 0.6 is 11.3 Å². The van der Waals surface area contributed by atoms with Gasteiger partial charge in [-0.2, -0.15) is 16.4 Å². The van der Waals surface area contributed by atoms with Gasteiger partial charge in [-0.3, -0.25) is 4.79 Å². The van der Waals surface area contributed by atoms with Gasteiger partial charge in [-0.25, -0.2) is 9.82 Å². The van der Waals surface area contributed by atoms with Crippen molar-refractivity contribution in [2.24, 2.45) is 5.10 Å². The Morgan fingerprint density at radius 1 is 1.41 bits per heavy atom. The average molecular weight is 248 g/mol. The third kappa shape index (κ3) is 3.22. The van der Waals surface area contributed by atoms with Gasteiger partial charge < -0.3 is 0 Å². The van der Waals surface area contributed by atoms with Crippen molar-refractivity contribution in [1.29, 1.82) is 0 Å². The SMILES string of the molecule is O=C(N/N=C\c1ccsc1)c1cccc(F)c1. The zero-order valence-corrected chi connectivity index (χ0v) is 9.58. The van der Waals surface area contributed by atoms with Crippen LogP contribution in [0.2, 0.25) is 0 Å². The van der Waals surface area contributed by atoms with Gasteiger partial charge in [0.15, 0.2) is 0 Å². The molecule has 0 aliphatic heterocycles. The van der Waals surface area contributed by atoms with Crippen molar-refractivity contribution in [3.05, 3.63) is 58.0 Å². The third-order valence-electron chi connectivity index (χ3n) is 2.01. The molecular weight excluding hydrogens is 239 g/mol. The molecule has 1 amide bonds. The van der Waals surface area contributed by atoms with Crippen molar-refractivity contribution in [3.63, 3.8) is 0 Å². The molecule has 5 heteroatoms. The van der Waals surface area contributed by atoms with E-state index < -0.39 is 11.7 Å². The van der Waals surface area contributed by atoms with Gasteiger partial charge in [-0.15, -0.1) is 0 Å². The lowest BCUT2D eigenvalue weighted by atomic mass is 10.2. The number of hydrogen-bond donors (Lipinski definition) is 1. The van der Waals surface area contributed by atoms with Gasteiger partial charge in [0, 0.05) is 11.1 Å². The molecule has 0 aliphatic rings. The van der Waals surface area contributed by atoms with Crippen LogP contribution in [-0.2, 0) is 0 Å². The van der Waals surface area contributed by atoms with Gasteiger partial charge in [-0.05, 0) is 35.0 Å². The molecule has 1 N–H and O–H groups in total. The van der Waals surface area contributed by atoms with Crippen LogP contribution in [0, 0.1) is 5.82 Å². The lowest BCUT2D eigenvalue weighted by Gasteiger charge is -1.98. The van der Waals surface area contributed by atoms with Crippen LogP contribution < -0.4 is 5.43 Å². The zero-order chi connectivity index (χ0) is 12.1. The summed E-state index contributed by atoms with van der Waals surface area (Å²) in [5, 5.41) is 7.59. The zero-order valence-electron chi connectivity index (χ0n) is 8.76. The maximum absolute atomic E-state index is 12.9. The van der Waals surface area contributed by atoms with Gasteiger partial charge >= 0.3 is 0 Å². The molecule has 1 aromatic carbocycles. The highest BCUT2D eigenvalue weighted by Crippen LogP contribution is 2.04. The Morgan fingerprint density at radius 2 is 2.29 bits per heavy atom. The van der Waals surface area contributed by atoms with Crippen molar-refractivity contribution in [2.75, 3.05) is 0 Å². The Labute approximate surface area is 102 Å². The fraction of sp³-hybridized carbons (Fsp3) is 0. The number of nitrogens with one attached hydrogen (secondary N) is 1. The molecular formula is C12H9FN2OS. The molecule has 0 atom stereocenters. The molecule has 2 rings (SSSR count). The average Bonchev–Trinajstić information content (AvgIpc) is 2.82. The molecule has 0 unspecified atom stereocenters. The van der Waals surface area contributed by atoms with Crippen molar-refractivity contribution < 1.29 is 9.18 Å². The summed E-state index contributed by atoms with van der Waals surface area (Å²) in [6.45, 7) is 0. The molecule has 17 heavy (non-hydrogen) atoms. The summed E-state index contributed by atoms with van der Waals surface area (Å²) in [6.07, 6.45) is 1.54. The smallest absolute Gasteiger partial charge is 0.267 e. The van der Waals surface area contributed by atoms with Crippen LogP contribution in [0.25, 0.3) is 0 Å². The Morgan fingerprint density at radius 3 is 3.00 bits per heavy atom. The summed E-state index contributed by atoms with van der Waals surface area (Å²) in [6, 6.07) is 7.33. The third-order valence-corrected chi connectivity index (χ3v) is 2.71. The number of hydrazone groups is 1. The highest BCUT2D eigenvalue weighted by atomic mass is 32.1. The van der Waals surface area contributed by atoms with E-state index in [4.69, 9.17) is 0 Å². The van der Waals surface area contributed by atoms with E-state index in [1.807, 2.05) is 16.8 Å². The summed E-state index contributed by atoms with van der Waals surface area (Å²) in [5.74, 6) is -0.879. The maximum atomic E-state index is 12.9. The Bertz CT molecular complexity index is 537. The first-order chi connectivity index (χ1) is 8.25. The highest BCUT2D eigenvalue weighted by Gasteiger charge is 2.04. The topological polar surface area (TPSA) is 41.5 Å². The summed E-state index contributed by atoms with van der Waals surface area (Å²) in [7, 11) is 0. The van der Waals surface area contributed by atoms with Gasteiger partial charge in [-0.1, -0.05) is 6.07 Å². The molecule has 0 bridgehead atoms. The van der Waals surface area contributed by atoms with Crippen molar-refractivity contribution >= 4 is 23.5 Å². The summed E-state index contributed by atoms with van der Waals surface area (Å²) in [4.78, 5) is 11.5. The Hall–Kier alpha value is -2.01. The van der Waals surface area contributed by atoms with E-state index in [2.05, 4.69) is 10.5 Å². The number of rotatable bonds is 3. The molecule has 1 aromatic heterocycles. The lowest BCUT2D eigenvalue weighted by molar-refractivity contribution is 0.0954. The van der Waals surface area contributed by atoms with Gasteiger partial charge in [0.2, 0.25) is 0 Å². The summed E-state index contributed by atoms with van der Waals surface area (Å²) in [5.41, 5.74) is 3.49. The van der Waals surface area contributed by atoms with E-state index in [0.717, 1.165) is 11.6 Å². The second-order valence-corrected chi connectivity index (χ2v) is 4.05. The first-order valence-electron chi connectivity index (χ1n) is 4.87. The van der Waals surface area contributed by atoms with Crippen LogP contribution in [-0.4, -0.2) is 12.1 Å². The quantitative estimate of drug-likeness (QED) is 0.658. The number of thiophene rings is 1. The van der Waals surface area contributed by atoms with E-state index in [9.17, 15) is 9.18 Å². The number of amides is 1. The van der Waals surface area contributed by atoms with Crippen LogP contribution in [0.5, 0.6) is 0 Å². The van der Waals surface area contributed by atoms with E-state index in [1.54, 1.807) is 11.3 Å². The van der Waals surface area contributed by atoms with Crippen LogP contribution in [0.3, 0.4) is 0 Å². The number of carbonyl (C=O) groups excluding carboxylic acids is 1. The second-order valence-electron chi connectivity index (χ2n) is 3.27. The minimum Gasteiger partial charge on any atom is -0.267 e. The van der Waals surface area contributed by atoms with Gasteiger partial charge in [0.05, 0.1) is 6.21 Å². The molecule has 2 aromatic rings. The summed E-state index contributed by atoms with van der Waals surface area (Å²) < 4.78 is 12.9. The molecule has 0 saturated carbocycles. The van der Waals surface area contributed by atoms with E-state index in [-0.39, 0.29) is 5.56 Å². The number of nitrogens with zero attached hydrogens (tertiary/aromatic N) is 1. The minimum atomic E-state index is -0.445. The van der Waals surface area contributed by atoms with Crippen LogP contribution in [0.15, 0.2) is 46.2 Å². The van der Waals surface area contributed by atoms with E-state index in [0.29, 0.717) is 0 Å². The van der Waals surface area contributed by atoms with Gasteiger partial charge in [0.25, 0.3) is 5.91 Å². The maximum Gasteiger partial charge on any atom is 0.271 e. The number of benzene rings is 1. The molecule has 0 fully saturated rings. The molecule has 0 aliphatic carbocycles. The minimum absolute atomic E-state index is 0.243. The largest absolute Gasteiger partial charge is 0.271 e. The van der Waals surface area contributed by atoms with E-state index in [1.165, 1.54) is 24.4 Å². The predicted molar refractivity (Wildman–Crippen MR) is 65.8 cm³/mol. The van der Waals surface area contributed by atoms with Crippen LogP contribution in [0.1, 0.15) is 15.9 Å². The Balaban J connectivity index is 1.98. The highest BCUT2D eigenvalue weighted by molar-refractivity contribution is 7.08. The number of halogens is 1. The molecule has 1 heterocycles. The standard InChI is InChI=1S/C12H9FN2OS/c13-11-3-1-2-10(6-11)12(16)15-14-7-9-4-5-17-8-9/h1-8H,(H,15,16)/b14-7-. The number of hydrogen-bond acceptors (Lipinski definition) is 3. The first kappa shape index (κ1) is 11.5. The molecule has 0 radical (unpaired) electrons. The van der Waals surface area contributed by atoms with E-state index >= 15 is 0 Å². The molecule has 0 spiro atoms. The molecule has 86 valence electrons. The normalized spacial score (nSPS) is 10.6. The van der Waals surface area contributed by atoms with Gasteiger partial charge in [0.1, 0.15) is 5.82 Å². The van der Waals surface area contributed by atoms with Crippen molar-refractivity contribution in [1.82, 2.24) is 5.43 Å². The van der Waals surface area contributed by atoms with Crippen molar-refractivity contribution in [3.8, 4) is 0 Å². The fourth-order valence-electron chi connectivity index (χ4n) is 1.21. The Kier molecular flexibility index (Phi) is 3.62. The predicted octanol–water partition coefficient (Wildman–Crippen LogP) is 2.65. The van der Waals surface area contributed by atoms with Crippen LogP contribution in [0.4, 0.5) is 4.39 Å². The molecule has 0 saturated heterocycles. The monoisotopic (exact) mass is 248 g/mol. The fourth-order valence-corrected chi connectivity index (χ4v) is 1.82. The first-order valence-corrected chi connectivity index (χ1v) is 5.81. The second kappa shape index (κ2) is 5.36. The van der Waals surface area contributed by atoms with Crippen molar-refractivity contribution in [2.45, 2.75) is 0 Å².